The van der Waals surface area contributed by atoms with Crippen LogP contribution in [-0.2, 0) is 13.2 Å². The van der Waals surface area contributed by atoms with Gasteiger partial charge in [-0.25, -0.2) is 0 Å². The topological polar surface area (TPSA) is 56.1 Å². The van der Waals surface area contributed by atoms with E-state index in [-0.39, 0.29) is 0 Å². The normalized spacial score (nSPS) is 11.4. The average Bonchev–Trinajstić information content (AvgIpc) is 2.74. The number of carbonyl (C=O) groups excluding carboxylic acids is 1. The summed E-state index contributed by atoms with van der Waals surface area (Å²) >= 11 is 5.68. The summed E-state index contributed by atoms with van der Waals surface area (Å²) in [4.78, 5) is 12.2. The molecule has 9 heteroatoms. The number of aryl methyl sites for hydroxylation is 2. The molecule has 0 saturated heterocycles. The fourth-order valence-corrected chi connectivity index (χ4v) is 2.41. The van der Waals surface area contributed by atoms with Gasteiger partial charge in [-0.05, 0) is 24.6 Å². The van der Waals surface area contributed by atoms with Crippen molar-refractivity contribution in [3.8, 4) is 5.75 Å². The summed E-state index contributed by atoms with van der Waals surface area (Å²) in [6.45, 7) is 1.80. The quantitative estimate of drug-likeness (QED) is 0.921. The molecule has 1 N–H and O–H groups in total. The molecule has 5 nitrogen and oxygen atoms in total. The Balaban J connectivity index is 2.38. The lowest BCUT2D eigenvalue weighted by atomic mass is 10.2. The minimum absolute atomic E-state index is 0.313. The molecular weight excluding hydrogens is 335 g/mol. The van der Waals surface area contributed by atoms with Gasteiger partial charge in [0.25, 0.3) is 5.91 Å². The third-order valence-electron chi connectivity index (χ3n) is 3.08. The van der Waals surface area contributed by atoms with Gasteiger partial charge >= 0.3 is 6.18 Å². The molecule has 1 aromatic carbocycles. The van der Waals surface area contributed by atoms with Crippen molar-refractivity contribution in [2.75, 3.05) is 12.4 Å². The number of hydrogen-bond donors (Lipinski definition) is 1. The van der Waals surface area contributed by atoms with Gasteiger partial charge in [-0.3, -0.25) is 9.48 Å². The van der Waals surface area contributed by atoms with Crippen molar-refractivity contribution in [2.24, 2.45) is 7.05 Å². The van der Waals surface area contributed by atoms with E-state index in [1.807, 2.05) is 0 Å². The van der Waals surface area contributed by atoms with E-state index in [1.165, 1.54) is 7.11 Å². The Morgan fingerprint density at radius 1 is 1.39 bits per heavy atom. The summed E-state index contributed by atoms with van der Waals surface area (Å²) in [5.74, 6) is -0.489. The third kappa shape index (κ3) is 3.42. The highest BCUT2D eigenvalue weighted by molar-refractivity contribution is 6.34. The lowest BCUT2D eigenvalue weighted by Gasteiger charge is -2.10. The zero-order valence-corrected chi connectivity index (χ0v) is 13.2. The Bertz CT molecular complexity index is 756. The Morgan fingerprint density at radius 3 is 2.57 bits per heavy atom. The first-order chi connectivity index (χ1) is 10.6. The van der Waals surface area contributed by atoms with Gasteiger partial charge in [-0.15, -0.1) is 0 Å². The standard InChI is InChI=1S/C14H13ClF3N3O2/c1-7-4-5-9(23-3)8(6-7)19-13(22)11-10(15)12(14(16,17)18)21(2)20-11/h4-6H,1-3H3,(H,19,22). The Morgan fingerprint density at radius 2 is 2.04 bits per heavy atom. The lowest BCUT2D eigenvalue weighted by Crippen LogP contribution is -2.14. The van der Waals surface area contributed by atoms with Crippen LogP contribution in [-0.4, -0.2) is 22.8 Å². The second-order valence-corrected chi connectivity index (χ2v) is 5.17. The van der Waals surface area contributed by atoms with Gasteiger partial charge in [0.1, 0.15) is 10.8 Å². The van der Waals surface area contributed by atoms with Crippen LogP contribution in [0.2, 0.25) is 5.02 Å². The lowest BCUT2D eigenvalue weighted by molar-refractivity contribution is -0.143. The maximum Gasteiger partial charge on any atom is 0.434 e. The molecule has 0 aliphatic heterocycles. The monoisotopic (exact) mass is 347 g/mol. The van der Waals surface area contributed by atoms with Crippen molar-refractivity contribution in [1.29, 1.82) is 0 Å². The minimum atomic E-state index is -4.71. The molecule has 1 heterocycles. The van der Waals surface area contributed by atoms with Gasteiger partial charge in [0, 0.05) is 7.05 Å². The summed E-state index contributed by atoms with van der Waals surface area (Å²) in [5, 5.41) is 5.28. The maximum absolute atomic E-state index is 12.9. The van der Waals surface area contributed by atoms with Crippen molar-refractivity contribution >= 4 is 23.2 Å². The summed E-state index contributed by atoms with van der Waals surface area (Å²) in [6.07, 6.45) is -4.71. The van der Waals surface area contributed by atoms with Crippen LogP contribution in [0.5, 0.6) is 5.75 Å². The summed E-state index contributed by atoms with van der Waals surface area (Å²) in [5.41, 5.74) is -0.539. The van der Waals surface area contributed by atoms with Gasteiger partial charge in [-0.2, -0.15) is 18.3 Å². The van der Waals surface area contributed by atoms with Crippen molar-refractivity contribution in [2.45, 2.75) is 13.1 Å². The van der Waals surface area contributed by atoms with Crippen LogP contribution in [0.4, 0.5) is 18.9 Å². The number of rotatable bonds is 3. The van der Waals surface area contributed by atoms with E-state index < -0.39 is 28.5 Å². The van der Waals surface area contributed by atoms with Gasteiger partial charge in [-0.1, -0.05) is 17.7 Å². The number of anilines is 1. The van der Waals surface area contributed by atoms with E-state index in [0.717, 1.165) is 12.6 Å². The zero-order chi connectivity index (χ0) is 17.4. The van der Waals surface area contributed by atoms with Crippen molar-refractivity contribution in [1.82, 2.24) is 9.78 Å². The Labute approximate surface area is 135 Å². The first-order valence-electron chi connectivity index (χ1n) is 6.40. The number of amides is 1. The highest BCUT2D eigenvalue weighted by Crippen LogP contribution is 2.36. The average molecular weight is 348 g/mol. The molecule has 0 bridgehead atoms. The molecule has 2 rings (SSSR count). The largest absolute Gasteiger partial charge is 0.495 e. The van der Waals surface area contributed by atoms with Gasteiger partial charge in [0.05, 0.1) is 12.8 Å². The van der Waals surface area contributed by atoms with Crippen LogP contribution in [0, 0.1) is 6.92 Å². The van der Waals surface area contributed by atoms with E-state index in [1.54, 1.807) is 25.1 Å². The molecule has 1 aromatic heterocycles. The molecule has 0 aliphatic rings. The molecule has 0 radical (unpaired) electrons. The second-order valence-electron chi connectivity index (χ2n) is 4.79. The van der Waals surface area contributed by atoms with E-state index in [0.29, 0.717) is 16.1 Å². The van der Waals surface area contributed by atoms with E-state index in [4.69, 9.17) is 16.3 Å². The molecule has 0 spiro atoms. The number of methoxy groups -OCH3 is 1. The van der Waals surface area contributed by atoms with Crippen LogP contribution in [0.1, 0.15) is 21.7 Å². The zero-order valence-electron chi connectivity index (χ0n) is 12.5. The number of halogens is 4. The molecule has 124 valence electrons. The predicted molar refractivity (Wildman–Crippen MR) is 78.9 cm³/mol. The second kappa shape index (κ2) is 6.11. The van der Waals surface area contributed by atoms with Crippen LogP contribution in [0.3, 0.4) is 0 Å². The summed E-state index contributed by atoms with van der Waals surface area (Å²) < 4.78 is 44.3. The van der Waals surface area contributed by atoms with Gasteiger partial charge in [0.15, 0.2) is 11.4 Å². The van der Waals surface area contributed by atoms with Gasteiger partial charge < -0.3 is 10.1 Å². The van der Waals surface area contributed by atoms with E-state index in [2.05, 4.69) is 10.4 Å². The molecule has 0 saturated carbocycles. The number of carbonyl (C=O) groups is 1. The number of nitrogens with one attached hydrogen (secondary N) is 1. The molecule has 0 atom stereocenters. The molecule has 0 fully saturated rings. The van der Waals surface area contributed by atoms with Crippen molar-refractivity contribution < 1.29 is 22.7 Å². The third-order valence-corrected chi connectivity index (χ3v) is 3.43. The van der Waals surface area contributed by atoms with E-state index in [9.17, 15) is 18.0 Å². The van der Waals surface area contributed by atoms with Crippen LogP contribution in [0.25, 0.3) is 0 Å². The smallest absolute Gasteiger partial charge is 0.434 e. The van der Waals surface area contributed by atoms with Crippen molar-refractivity contribution in [3.63, 3.8) is 0 Å². The van der Waals surface area contributed by atoms with Crippen LogP contribution >= 0.6 is 11.6 Å². The molecule has 1 amide bonds. The number of ether oxygens (including phenoxy) is 1. The van der Waals surface area contributed by atoms with Gasteiger partial charge in [0.2, 0.25) is 0 Å². The Kier molecular flexibility index (Phi) is 4.56. The molecule has 23 heavy (non-hydrogen) atoms. The highest BCUT2D eigenvalue weighted by Gasteiger charge is 2.40. The number of hydrogen-bond acceptors (Lipinski definition) is 3. The fraction of sp³-hybridized carbons (Fsp3) is 0.286. The summed E-state index contributed by atoms with van der Waals surface area (Å²) in [6, 6.07) is 5.02. The van der Waals surface area contributed by atoms with Crippen molar-refractivity contribution in [3.05, 3.63) is 40.2 Å². The number of alkyl halides is 3. The SMILES string of the molecule is COc1ccc(C)cc1NC(=O)c1nn(C)c(C(F)(F)F)c1Cl. The predicted octanol–water partition coefficient (Wildman–Crippen LogP) is 3.66. The van der Waals surface area contributed by atoms with Crippen LogP contribution in [0.15, 0.2) is 18.2 Å². The fourth-order valence-electron chi connectivity index (χ4n) is 2.05. The van der Waals surface area contributed by atoms with E-state index >= 15 is 0 Å². The summed E-state index contributed by atoms with van der Waals surface area (Å²) in [7, 11) is 2.48. The first-order valence-corrected chi connectivity index (χ1v) is 6.78. The number of nitrogens with zero attached hydrogens (tertiary/aromatic N) is 2. The number of aromatic nitrogens is 2. The number of benzene rings is 1. The molecular formula is C14H13ClF3N3O2. The molecule has 0 unspecified atom stereocenters. The maximum atomic E-state index is 12.9. The molecule has 2 aromatic rings. The first kappa shape index (κ1) is 17.1. The molecule has 0 aliphatic carbocycles. The van der Waals surface area contributed by atoms with Crippen LogP contribution < -0.4 is 10.1 Å². The Hall–Kier alpha value is -2.22. The highest BCUT2D eigenvalue weighted by atomic mass is 35.5. The minimum Gasteiger partial charge on any atom is -0.495 e.